The number of hydrogen-bond donors (Lipinski definition) is 1. The van der Waals surface area contributed by atoms with Crippen LogP contribution in [0.3, 0.4) is 0 Å². The fraction of sp³-hybridized carbons (Fsp3) is 1.00. The largest absolute Gasteiger partial charge is 0.373 e. The van der Waals surface area contributed by atoms with E-state index in [1.165, 1.54) is 25.7 Å². The van der Waals surface area contributed by atoms with E-state index in [-0.39, 0.29) is 0 Å². The fourth-order valence-corrected chi connectivity index (χ4v) is 4.66. The fourth-order valence-electron chi connectivity index (χ4n) is 4.66. The Morgan fingerprint density at radius 3 is 2.40 bits per heavy atom. The molecule has 0 aromatic heterocycles. The topological polar surface area (TPSA) is 21.3 Å². The summed E-state index contributed by atoms with van der Waals surface area (Å²) in [5, 5.41) is 3.65. The van der Waals surface area contributed by atoms with Gasteiger partial charge in [0.25, 0.3) is 0 Å². The van der Waals surface area contributed by atoms with Gasteiger partial charge < -0.3 is 10.1 Å². The first kappa shape index (κ1) is 16.3. The van der Waals surface area contributed by atoms with Crippen molar-refractivity contribution in [2.24, 2.45) is 16.7 Å². The van der Waals surface area contributed by atoms with E-state index >= 15 is 0 Å². The minimum atomic E-state index is 0.323. The molecule has 0 amide bonds. The van der Waals surface area contributed by atoms with Crippen molar-refractivity contribution in [2.45, 2.75) is 91.9 Å². The second-order valence-electron chi connectivity index (χ2n) is 7.91. The lowest BCUT2D eigenvalue weighted by Gasteiger charge is -2.41. The molecule has 2 aliphatic carbocycles. The lowest BCUT2D eigenvalue weighted by molar-refractivity contribution is -0.0911. The smallest absolute Gasteiger partial charge is 0.0703 e. The molecule has 0 aliphatic heterocycles. The van der Waals surface area contributed by atoms with E-state index in [1.54, 1.807) is 0 Å². The monoisotopic (exact) mass is 281 g/mol. The van der Waals surface area contributed by atoms with Crippen LogP contribution in [0, 0.1) is 16.7 Å². The maximum absolute atomic E-state index is 6.57. The van der Waals surface area contributed by atoms with Gasteiger partial charge in [-0.2, -0.15) is 0 Å². The molecule has 2 rings (SSSR count). The lowest BCUT2D eigenvalue weighted by atomic mass is 9.70. The summed E-state index contributed by atoms with van der Waals surface area (Å²) in [7, 11) is 0. The highest BCUT2D eigenvalue weighted by atomic mass is 16.5. The predicted molar refractivity (Wildman–Crippen MR) is 85.9 cm³/mol. The van der Waals surface area contributed by atoms with E-state index in [1.807, 2.05) is 0 Å². The van der Waals surface area contributed by atoms with Gasteiger partial charge in [0, 0.05) is 6.04 Å². The van der Waals surface area contributed by atoms with Crippen LogP contribution in [-0.4, -0.2) is 24.8 Å². The summed E-state index contributed by atoms with van der Waals surface area (Å²) in [4.78, 5) is 0. The van der Waals surface area contributed by atoms with E-state index in [0.717, 1.165) is 18.9 Å². The van der Waals surface area contributed by atoms with Gasteiger partial charge in [0.15, 0.2) is 0 Å². The number of rotatable bonds is 7. The summed E-state index contributed by atoms with van der Waals surface area (Å²) >= 11 is 0. The SMILES string of the molecule is CCCNC(CC)C(C)OC1CC2CCC1(C)C2(C)C. The van der Waals surface area contributed by atoms with Crippen LogP contribution >= 0.6 is 0 Å². The molecule has 2 heteroatoms. The van der Waals surface area contributed by atoms with Gasteiger partial charge in [0.05, 0.1) is 12.2 Å². The summed E-state index contributed by atoms with van der Waals surface area (Å²) in [5.74, 6) is 0.869. The first-order valence-corrected chi connectivity index (χ1v) is 8.75. The van der Waals surface area contributed by atoms with Gasteiger partial charge in [-0.15, -0.1) is 0 Å². The van der Waals surface area contributed by atoms with Gasteiger partial charge in [-0.25, -0.2) is 0 Å². The van der Waals surface area contributed by atoms with Crippen LogP contribution in [0.15, 0.2) is 0 Å². The van der Waals surface area contributed by atoms with Gasteiger partial charge in [0.1, 0.15) is 0 Å². The van der Waals surface area contributed by atoms with Crippen molar-refractivity contribution in [1.82, 2.24) is 5.32 Å². The lowest BCUT2D eigenvalue weighted by Crippen LogP contribution is -2.45. The highest BCUT2D eigenvalue weighted by molar-refractivity contribution is 5.11. The van der Waals surface area contributed by atoms with Crippen molar-refractivity contribution in [3.05, 3.63) is 0 Å². The number of fused-ring (bicyclic) bond motifs is 2. The Morgan fingerprint density at radius 1 is 1.25 bits per heavy atom. The Hall–Kier alpha value is -0.0800. The Labute approximate surface area is 126 Å². The average molecular weight is 281 g/mol. The van der Waals surface area contributed by atoms with E-state index in [9.17, 15) is 0 Å². The summed E-state index contributed by atoms with van der Waals surface area (Å²) in [6.45, 7) is 15.3. The van der Waals surface area contributed by atoms with Crippen molar-refractivity contribution < 1.29 is 4.74 Å². The molecule has 2 bridgehead atoms. The normalized spacial score (nSPS) is 38.1. The van der Waals surface area contributed by atoms with Gasteiger partial charge >= 0.3 is 0 Å². The summed E-state index contributed by atoms with van der Waals surface area (Å²) in [6.07, 6.45) is 7.16. The molecule has 5 unspecified atom stereocenters. The van der Waals surface area contributed by atoms with Crippen molar-refractivity contribution in [3.63, 3.8) is 0 Å². The molecular weight excluding hydrogens is 246 g/mol. The molecule has 2 fully saturated rings. The van der Waals surface area contributed by atoms with Crippen molar-refractivity contribution in [1.29, 1.82) is 0 Å². The first-order valence-electron chi connectivity index (χ1n) is 8.75. The van der Waals surface area contributed by atoms with Gasteiger partial charge in [-0.3, -0.25) is 0 Å². The molecule has 2 aliphatic rings. The minimum absolute atomic E-state index is 0.323. The number of nitrogens with one attached hydrogen (secondary N) is 1. The standard InChI is InChI=1S/C18H35NO/c1-7-11-19-15(8-2)13(3)20-16-12-14-9-10-18(16,6)17(14,4)5/h13-16,19H,7-12H2,1-6H3. The predicted octanol–water partition coefficient (Wildman–Crippen LogP) is 4.38. The zero-order valence-corrected chi connectivity index (χ0v) is 14.5. The zero-order valence-electron chi connectivity index (χ0n) is 14.5. The third-order valence-corrected chi connectivity index (χ3v) is 6.76. The quantitative estimate of drug-likeness (QED) is 0.747. The molecule has 2 nitrogen and oxygen atoms in total. The van der Waals surface area contributed by atoms with Crippen LogP contribution in [-0.2, 0) is 4.74 Å². The van der Waals surface area contributed by atoms with Gasteiger partial charge in [0.2, 0.25) is 0 Å². The molecule has 118 valence electrons. The molecule has 0 radical (unpaired) electrons. The molecule has 0 aromatic carbocycles. The summed E-state index contributed by atoms with van der Waals surface area (Å²) < 4.78 is 6.57. The molecule has 5 atom stereocenters. The van der Waals surface area contributed by atoms with Gasteiger partial charge in [-0.05, 0) is 62.3 Å². The van der Waals surface area contributed by atoms with E-state index in [0.29, 0.717) is 29.1 Å². The first-order chi connectivity index (χ1) is 9.36. The molecule has 1 N–H and O–H groups in total. The van der Waals surface area contributed by atoms with Crippen molar-refractivity contribution in [3.8, 4) is 0 Å². The molecule has 2 saturated carbocycles. The third-order valence-electron chi connectivity index (χ3n) is 6.76. The van der Waals surface area contributed by atoms with E-state index < -0.39 is 0 Å². The van der Waals surface area contributed by atoms with Crippen LogP contribution in [0.25, 0.3) is 0 Å². The second kappa shape index (κ2) is 5.96. The van der Waals surface area contributed by atoms with Crippen molar-refractivity contribution in [2.75, 3.05) is 6.54 Å². The Morgan fingerprint density at radius 2 is 1.95 bits per heavy atom. The molecule has 0 heterocycles. The Kier molecular flexibility index (Phi) is 4.86. The van der Waals surface area contributed by atoms with Crippen LogP contribution in [0.1, 0.15) is 73.6 Å². The summed E-state index contributed by atoms with van der Waals surface area (Å²) in [5.41, 5.74) is 0.838. The Bertz CT molecular complexity index is 327. The van der Waals surface area contributed by atoms with Crippen LogP contribution in [0.5, 0.6) is 0 Å². The molecule has 20 heavy (non-hydrogen) atoms. The average Bonchev–Trinajstić information content (AvgIpc) is 2.73. The van der Waals surface area contributed by atoms with Gasteiger partial charge in [-0.1, -0.05) is 34.6 Å². The van der Waals surface area contributed by atoms with Crippen molar-refractivity contribution >= 4 is 0 Å². The highest BCUT2D eigenvalue weighted by Gasteiger charge is 2.62. The van der Waals surface area contributed by atoms with E-state index in [4.69, 9.17) is 4.74 Å². The summed E-state index contributed by atoms with van der Waals surface area (Å²) in [6, 6.07) is 0.501. The Balaban J connectivity index is 1.97. The molecule has 0 aromatic rings. The molecule has 0 saturated heterocycles. The molecular formula is C18H35NO. The van der Waals surface area contributed by atoms with Crippen LogP contribution < -0.4 is 5.32 Å². The third kappa shape index (κ3) is 2.54. The highest BCUT2D eigenvalue weighted by Crippen LogP contribution is 2.66. The van der Waals surface area contributed by atoms with E-state index in [2.05, 4.69) is 46.9 Å². The van der Waals surface area contributed by atoms with Crippen LogP contribution in [0.4, 0.5) is 0 Å². The second-order valence-corrected chi connectivity index (χ2v) is 7.91. The minimum Gasteiger partial charge on any atom is -0.373 e. The number of hydrogen-bond acceptors (Lipinski definition) is 2. The zero-order chi connectivity index (χ0) is 15.0. The number of ether oxygens (including phenoxy) is 1. The maximum Gasteiger partial charge on any atom is 0.0703 e. The maximum atomic E-state index is 6.57. The molecule has 0 spiro atoms. The van der Waals surface area contributed by atoms with Crippen LogP contribution in [0.2, 0.25) is 0 Å².